The van der Waals surface area contributed by atoms with Gasteiger partial charge in [-0.25, -0.2) is 0 Å². The Morgan fingerprint density at radius 3 is 2.35 bits per heavy atom. The molecule has 0 saturated heterocycles. The number of anilines is 3. The van der Waals surface area contributed by atoms with E-state index in [9.17, 15) is 0 Å². The minimum atomic E-state index is 0.252. The molecule has 0 unspecified atom stereocenters. The number of aromatic nitrogens is 4. The van der Waals surface area contributed by atoms with Crippen LogP contribution in [0.25, 0.3) is 5.57 Å². The molecule has 3 N–H and O–H groups in total. The molecular formula is C16H13N7. The summed E-state index contributed by atoms with van der Waals surface area (Å²) in [7, 11) is 0. The Balaban J connectivity index is 1.67. The smallest absolute Gasteiger partial charge is 0.216 e. The van der Waals surface area contributed by atoms with Crippen molar-refractivity contribution in [3.05, 3.63) is 66.6 Å². The maximum Gasteiger partial charge on any atom is 0.216 e. The third kappa shape index (κ3) is 3.71. The minimum absolute atomic E-state index is 0.252. The van der Waals surface area contributed by atoms with Crippen LogP contribution < -0.4 is 10.6 Å². The number of nitrogens with one attached hydrogen (secondary N) is 3. The number of allylic oxidation sites excluding steroid dienone is 1. The molecule has 0 amide bonds. The van der Waals surface area contributed by atoms with Crippen LogP contribution in [-0.2, 0) is 0 Å². The predicted octanol–water partition coefficient (Wildman–Crippen LogP) is 2.92. The molecule has 2 aromatic carbocycles. The first-order valence-electron chi connectivity index (χ1n) is 6.88. The van der Waals surface area contributed by atoms with Crippen molar-refractivity contribution in [1.82, 2.24) is 20.6 Å². The number of aromatic amines is 1. The Morgan fingerprint density at radius 2 is 1.70 bits per heavy atom. The van der Waals surface area contributed by atoms with E-state index in [0.29, 0.717) is 5.57 Å². The zero-order valence-electron chi connectivity index (χ0n) is 12.1. The Kier molecular flexibility index (Phi) is 4.26. The van der Waals surface area contributed by atoms with E-state index < -0.39 is 0 Å². The number of benzene rings is 2. The van der Waals surface area contributed by atoms with Gasteiger partial charge in [0.1, 0.15) is 11.6 Å². The lowest BCUT2D eigenvalue weighted by Crippen LogP contribution is -1.94. The molecule has 1 aromatic heterocycles. The Labute approximate surface area is 132 Å². The van der Waals surface area contributed by atoms with E-state index >= 15 is 0 Å². The van der Waals surface area contributed by atoms with Gasteiger partial charge in [0, 0.05) is 23.3 Å². The topological polar surface area (TPSA) is 102 Å². The van der Waals surface area contributed by atoms with Gasteiger partial charge in [-0.3, -0.25) is 0 Å². The fourth-order valence-corrected chi connectivity index (χ4v) is 1.92. The average Bonchev–Trinajstić information content (AvgIpc) is 3.12. The van der Waals surface area contributed by atoms with Crippen LogP contribution in [0.5, 0.6) is 0 Å². The van der Waals surface area contributed by atoms with Gasteiger partial charge in [-0.15, -0.1) is 10.2 Å². The molecule has 0 atom stereocenters. The molecule has 0 saturated carbocycles. The maximum atomic E-state index is 9.09. The third-order valence-electron chi connectivity index (χ3n) is 3.04. The highest BCUT2D eigenvalue weighted by atomic mass is 15.5. The summed E-state index contributed by atoms with van der Waals surface area (Å²) < 4.78 is 0. The molecule has 0 spiro atoms. The van der Waals surface area contributed by atoms with Crippen LogP contribution in [0.2, 0.25) is 0 Å². The largest absolute Gasteiger partial charge is 0.360 e. The SMILES string of the molecule is N#C/C(=C/Nc1ccc(Nc2ccccc2)cc1)c1nn[nH]n1. The van der Waals surface area contributed by atoms with Crippen LogP contribution in [0.4, 0.5) is 17.1 Å². The first kappa shape index (κ1) is 14.3. The van der Waals surface area contributed by atoms with Crippen LogP contribution in [-0.4, -0.2) is 20.6 Å². The van der Waals surface area contributed by atoms with Crippen LogP contribution in [0.15, 0.2) is 60.8 Å². The second-order valence-corrected chi connectivity index (χ2v) is 4.62. The summed E-state index contributed by atoms with van der Waals surface area (Å²) in [6.45, 7) is 0. The molecule has 0 aliphatic heterocycles. The maximum absolute atomic E-state index is 9.09. The van der Waals surface area contributed by atoms with Crippen LogP contribution >= 0.6 is 0 Å². The molecule has 1 heterocycles. The number of nitrogens with zero attached hydrogens (tertiary/aromatic N) is 4. The van der Waals surface area contributed by atoms with Gasteiger partial charge < -0.3 is 10.6 Å². The van der Waals surface area contributed by atoms with E-state index in [0.717, 1.165) is 17.1 Å². The molecule has 0 fully saturated rings. The molecule has 23 heavy (non-hydrogen) atoms. The summed E-state index contributed by atoms with van der Waals surface area (Å²) in [6, 6.07) is 19.7. The van der Waals surface area contributed by atoms with E-state index in [-0.39, 0.29) is 5.82 Å². The molecular weight excluding hydrogens is 290 g/mol. The fourth-order valence-electron chi connectivity index (χ4n) is 1.92. The molecule has 0 radical (unpaired) electrons. The third-order valence-corrected chi connectivity index (χ3v) is 3.04. The summed E-state index contributed by atoms with van der Waals surface area (Å²) >= 11 is 0. The van der Waals surface area contributed by atoms with Gasteiger partial charge in [-0.1, -0.05) is 18.2 Å². The molecule has 112 valence electrons. The van der Waals surface area contributed by atoms with Gasteiger partial charge in [-0.05, 0) is 41.6 Å². The van der Waals surface area contributed by atoms with Gasteiger partial charge in [0.25, 0.3) is 0 Å². The Bertz CT molecular complexity index is 815. The zero-order chi connectivity index (χ0) is 15.9. The van der Waals surface area contributed by atoms with Crippen molar-refractivity contribution in [1.29, 1.82) is 5.26 Å². The molecule has 0 aliphatic rings. The van der Waals surface area contributed by atoms with Crippen LogP contribution in [0.1, 0.15) is 5.82 Å². The summed E-state index contributed by atoms with van der Waals surface area (Å²) in [5, 5.41) is 28.7. The van der Waals surface area contributed by atoms with Crippen LogP contribution in [0, 0.1) is 11.3 Å². The van der Waals surface area contributed by atoms with E-state index in [2.05, 4.69) is 31.3 Å². The minimum Gasteiger partial charge on any atom is -0.360 e. The standard InChI is InChI=1S/C16H13N7/c17-10-12(16-20-22-23-21-16)11-18-13-6-8-15(9-7-13)19-14-4-2-1-3-5-14/h1-9,11,18-19H,(H,20,21,22,23)/b12-11-. The first-order chi connectivity index (χ1) is 11.3. The summed E-state index contributed by atoms with van der Waals surface area (Å²) in [5.41, 5.74) is 3.14. The Hall–Kier alpha value is -3.66. The molecule has 7 nitrogen and oxygen atoms in total. The lowest BCUT2D eigenvalue weighted by atomic mass is 10.2. The lowest BCUT2D eigenvalue weighted by molar-refractivity contribution is 0.881. The number of hydrogen-bond donors (Lipinski definition) is 3. The number of rotatable bonds is 5. The lowest BCUT2D eigenvalue weighted by Gasteiger charge is -2.07. The fraction of sp³-hybridized carbons (Fsp3) is 0. The van der Waals surface area contributed by atoms with Gasteiger partial charge in [-0.2, -0.15) is 10.5 Å². The number of para-hydroxylation sites is 1. The van der Waals surface area contributed by atoms with Gasteiger partial charge in [0.05, 0.1) is 0 Å². The summed E-state index contributed by atoms with van der Waals surface area (Å²) in [6.07, 6.45) is 1.55. The molecule has 7 heteroatoms. The van der Waals surface area contributed by atoms with E-state index in [1.54, 1.807) is 6.20 Å². The van der Waals surface area contributed by atoms with Crippen molar-refractivity contribution in [2.45, 2.75) is 0 Å². The number of nitriles is 1. The monoisotopic (exact) mass is 303 g/mol. The average molecular weight is 303 g/mol. The number of tetrazole rings is 1. The highest BCUT2D eigenvalue weighted by Gasteiger charge is 2.05. The van der Waals surface area contributed by atoms with Crippen molar-refractivity contribution in [3.8, 4) is 6.07 Å². The second kappa shape index (κ2) is 6.87. The molecule has 3 rings (SSSR count). The van der Waals surface area contributed by atoms with Crippen molar-refractivity contribution >= 4 is 22.6 Å². The van der Waals surface area contributed by atoms with Crippen molar-refractivity contribution in [2.24, 2.45) is 0 Å². The molecule has 3 aromatic rings. The first-order valence-corrected chi connectivity index (χ1v) is 6.88. The number of hydrogen-bond acceptors (Lipinski definition) is 6. The van der Waals surface area contributed by atoms with Gasteiger partial charge in [0.15, 0.2) is 0 Å². The number of H-pyrrole nitrogens is 1. The Morgan fingerprint density at radius 1 is 1.00 bits per heavy atom. The quantitative estimate of drug-likeness (QED) is 0.626. The normalized spacial score (nSPS) is 10.8. The van der Waals surface area contributed by atoms with Crippen LogP contribution in [0.3, 0.4) is 0 Å². The van der Waals surface area contributed by atoms with Crippen molar-refractivity contribution in [3.63, 3.8) is 0 Å². The second-order valence-electron chi connectivity index (χ2n) is 4.62. The van der Waals surface area contributed by atoms with E-state index in [1.165, 1.54) is 0 Å². The van der Waals surface area contributed by atoms with Gasteiger partial charge >= 0.3 is 0 Å². The van der Waals surface area contributed by atoms with E-state index in [1.807, 2.05) is 60.7 Å². The summed E-state index contributed by atoms with van der Waals surface area (Å²) in [4.78, 5) is 0. The summed E-state index contributed by atoms with van der Waals surface area (Å²) in [5.74, 6) is 0.252. The highest BCUT2D eigenvalue weighted by Crippen LogP contribution is 2.19. The predicted molar refractivity (Wildman–Crippen MR) is 87.6 cm³/mol. The molecule has 0 aliphatic carbocycles. The van der Waals surface area contributed by atoms with Crippen molar-refractivity contribution in [2.75, 3.05) is 10.6 Å². The molecule has 0 bridgehead atoms. The zero-order valence-corrected chi connectivity index (χ0v) is 12.1. The van der Waals surface area contributed by atoms with Gasteiger partial charge in [0.2, 0.25) is 5.82 Å². The van der Waals surface area contributed by atoms with Crippen molar-refractivity contribution < 1.29 is 0 Å². The highest BCUT2D eigenvalue weighted by molar-refractivity contribution is 5.74. The van der Waals surface area contributed by atoms with E-state index in [4.69, 9.17) is 5.26 Å².